The van der Waals surface area contributed by atoms with Crippen LogP contribution in [0, 0.1) is 29.3 Å². The van der Waals surface area contributed by atoms with Gasteiger partial charge in [-0.05, 0) is 25.0 Å². The molecule has 0 aromatic heterocycles. The Labute approximate surface area is 153 Å². The molecule has 0 bridgehead atoms. The number of halogens is 3. The summed E-state index contributed by atoms with van der Waals surface area (Å²) in [5, 5.41) is 2.17. The minimum atomic E-state index is -1.67. The lowest BCUT2D eigenvalue weighted by atomic mass is 9.85. The van der Waals surface area contributed by atoms with Crippen molar-refractivity contribution in [3.8, 4) is 0 Å². The summed E-state index contributed by atoms with van der Waals surface area (Å²) in [6, 6.07) is 1.63. The number of quaternary nitrogens is 1. The maximum Gasteiger partial charge on any atom is 0.279 e. The molecule has 1 heterocycles. The molecule has 2 N–H and O–H groups in total. The minimum absolute atomic E-state index is 0.00164. The molecule has 1 unspecified atom stereocenters. The average Bonchev–Trinajstić information content (AvgIpc) is 2.87. The summed E-state index contributed by atoms with van der Waals surface area (Å²) in [4.78, 5) is 38.5. The van der Waals surface area contributed by atoms with Crippen molar-refractivity contribution in [1.29, 1.82) is 0 Å². The van der Waals surface area contributed by atoms with Crippen LogP contribution in [-0.2, 0) is 14.4 Å². The third-order valence-corrected chi connectivity index (χ3v) is 4.80. The SMILES string of the molecule is C[NH+](CC(=O)Nc1ccc(F)c(F)c1F)CN1C(=O)[C@H]2CC=CC[C@H]2C1=O. The molecule has 3 amide bonds. The van der Waals surface area contributed by atoms with E-state index in [9.17, 15) is 27.6 Å². The van der Waals surface area contributed by atoms with E-state index in [2.05, 4.69) is 5.32 Å². The van der Waals surface area contributed by atoms with Crippen LogP contribution < -0.4 is 10.2 Å². The summed E-state index contributed by atoms with van der Waals surface area (Å²) < 4.78 is 39.8. The summed E-state index contributed by atoms with van der Waals surface area (Å²) in [5.41, 5.74) is -0.475. The van der Waals surface area contributed by atoms with E-state index in [0.29, 0.717) is 23.8 Å². The lowest BCUT2D eigenvalue weighted by Crippen LogP contribution is -3.11. The van der Waals surface area contributed by atoms with Crippen LogP contribution in [0.15, 0.2) is 24.3 Å². The average molecular weight is 382 g/mol. The Kier molecular flexibility index (Phi) is 5.31. The number of nitrogens with zero attached hydrogens (tertiary/aromatic N) is 1. The van der Waals surface area contributed by atoms with Crippen molar-refractivity contribution in [3.63, 3.8) is 0 Å². The van der Waals surface area contributed by atoms with Gasteiger partial charge in [0.05, 0.1) is 24.6 Å². The molecule has 27 heavy (non-hydrogen) atoms. The number of amides is 3. The van der Waals surface area contributed by atoms with Gasteiger partial charge in [0.2, 0.25) is 11.8 Å². The van der Waals surface area contributed by atoms with Gasteiger partial charge in [-0.15, -0.1) is 0 Å². The van der Waals surface area contributed by atoms with Crippen molar-refractivity contribution in [1.82, 2.24) is 4.90 Å². The minimum Gasteiger partial charge on any atom is -0.319 e. The number of hydrogen-bond acceptors (Lipinski definition) is 3. The molecule has 1 aromatic rings. The molecular weight excluding hydrogens is 363 g/mol. The molecule has 1 aromatic carbocycles. The summed E-state index contributed by atoms with van der Waals surface area (Å²) >= 11 is 0. The van der Waals surface area contributed by atoms with Crippen LogP contribution in [0.25, 0.3) is 0 Å². The van der Waals surface area contributed by atoms with Crippen molar-refractivity contribution >= 4 is 23.4 Å². The lowest BCUT2D eigenvalue weighted by Gasteiger charge is -2.20. The van der Waals surface area contributed by atoms with E-state index < -0.39 is 29.0 Å². The van der Waals surface area contributed by atoms with Crippen molar-refractivity contribution in [3.05, 3.63) is 41.7 Å². The van der Waals surface area contributed by atoms with Gasteiger partial charge in [0.25, 0.3) is 5.91 Å². The van der Waals surface area contributed by atoms with E-state index in [-0.39, 0.29) is 36.9 Å². The van der Waals surface area contributed by atoms with E-state index in [1.807, 2.05) is 12.2 Å². The Bertz CT molecular complexity index is 802. The van der Waals surface area contributed by atoms with Gasteiger partial charge in [-0.2, -0.15) is 0 Å². The monoisotopic (exact) mass is 382 g/mol. The molecular formula is C18H19F3N3O3+. The number of fused-ring (bicyclic) bond motifs is 1. The van der Waals surface area contributed by atoms with Crippen molar-refractivity contribution < 1.29 is 32.5 Å². The van der Waals surface area contributed by atoms with Crippen LogP contribution in [0.5, 0.6) is 0 Å². The molecule has 9 heteroatoms. The molecule has 1 saturated heterocycles. The van der Waals surface area contributed by atoms with Crippen LogP contribution in [0.1, 0.15) is 12.8 Å². The summed E-state index contributed by atoms with van der Waals surface area (Å²) in [7, 11) is 1.60. The summed E-state index contributed by atoms with van der Waals surface area (Å²) in [6.45, 7) is -0.193. The number of allylic oxidation sites excluding steroid dienone is 2. The van der Waals surface area contributed by atoms with Gasteiger partial charge in [0.15, 0.2) is 30.7 Å². The fourth-order valence-corrected chi connectivity index (χ4v) is 3.44. The van der Waals surface area contributed by atoms with Gasteiger partial charge >= 0.3 is 0 Å². The zero-order valence-electron chi connectivity index (χ0n) is 14.6. The van der Waals surface area contributed by atoms with E-state index in [1.165, 1.54) is 0 Å². The number of nitrogens with one attached hydrogen (secondary N) is 2. The standard InChI is InChI=1S/C18H18F3N3O3/c1-23(8-14(25)22-13-7-6-12(19)15(20)16(13)21)9-24-17(26)10-4-2-3-5-11(10)18(24)27/h2-3,6-7,10-11H,4-5,8-9H2,1H3,(H,22,25)/p+1/t10-,11+. The number of likely N-dealkylation sites (tertiary alicyclic amines) is 1. The molecule has 1 fully saturated rings. The highest BCUT2D eigenvalue weighted by Gasteiger charge is 2.48. The summed E-state index contributed by atoms with van der Waals surface area (Å²) in [6.07, 6.45) is 4.83. The second kappa shape index (κ2) is 7.51. The van der Waals surface area contributed by atoms with Crippen molar-refractivity contribution in [2.45, 2.75) is 12.8 Å². The van der Waals surface area contributed by atoms with Crippen LogP contribution in [-0.4, -0.2) is 42.9 Å². The fourth-order valence-electron chi connectivity index (χ4n) is 3.44. The molecule has 2 aliphatic rings. The van der Waals surface area contributed by atoms with E-state index in [1.54, 1.807) is 7.05 Å². The number of hydrogen-bond donors (Lipinski definition) is 2. The predicted octanol–water partition coefficient (Wildman–Crippen LogP) is 0.466. The van der Waals surface area contributed by atoms with Gasteiger partial charge in [-0.1, -0.05) is 12.2 Å². The largest absolute Gasteiger partial charge is 0.319 e. The van der Waals surface area contributed by atoms with Crippen molar-refractivity contribution in [2.24, 2.45) is 11.8 Å². The molecule has 0 saturated carbocycles. The van der Waals surface area contributed by atoms with Crippen LogP contribution >= 0.6 is 0 Å². The topological polar surface area (TPSA) is 70.9 Å². The third-order valence-electron chi connectivity index (χ3n) is 4.80. The first kappa shape index (κ1) is 19.1. The molecule has 6 nitrogen and oxygen atoms in total. The number of benzene rings is 1. The van der Waals surface area contributed by atoms with Crippen LogP contribution in [0.3, 0.4) is 0 Å². The highest BCUT2D eigenvalue weighted by molar-refractivity contribution is 6.05. The first-order valence-electron chi connectivity index (χ1n) is 8.54. The number of likely N-dealkylation sites (N-methyl/N-ethyl adjacent to an activating group) is 1. The zero-order valence-corrected chi connectivity index (χ0v) is 14.6. The Morgan fingerprint density at radius 3 is 2.30 bits per heavy atom. The van der Waals surface area contributed by atoms with Gasteiger partial charge in [0.1, 0.15) is 0 Å². The Hall–Kier alpha value is -2.68. The molecule has 3 rings (SSSR count). The zero-order chi connectivity index (χ0) is 19.7. The first-order chi connectivity index (χ1) is 12.8. The third kappa shape index (κ3) is 3.73. The molecule has 0 spiro atoms. The van der Waals surface area contributed by atoms with Crippen LogP contribution in [0.2, 0.25) is 0 Å². The maximum atomic E-state index is 13.6. The highest BCUT2D eigenvalue weighted by Crippen LogP contribution is 2.34. The van der Waals surface area contributed by atoms with Gasteiger partial charge < -0.3 is 10.2 Å². The number of carbonyl (C=O) groups excluding carboxylic acids is 3. The smallest absolute Gasteiger partial charge is 0.279 e. The lowest BCUT2D eigenvalue weighted by molar-refractivity contribution is -0.878. The first-order valence-corrected chi connectivity index (χ1v) is 8.54. The quantitative estimate of drug-likeness (QED) is 0.442. The second-order valence-corrected chi connectivity index (χ2v) is 6.82. The van der Waals surface area contributed by atoms with Gasteiger partial charge in [0, 0.05) is 0 Å². The maximum absolute atomic E-state index is 13.6. The van der Waals surface area contributed by atoms with E-state index >= 15 is 0 Å². The Balaban J connectivity index is 1.59. The number of imide groups is 1. The molecule has 3 atom stereocenters. The molecule has 144 valence electrons. The summed E-state index contributed by atoms with van der Waals surface area (Å²) in [5.74, 6) is -6.35. The highest BCUT2D eigenvalue weighted by atomic mass is 19.2. The van der Waals surface area contributed by atoms with Crippen LogP contribution in [0.4, 0.5) is 18.9 Å². The molecule has 1 aliphatic heterocycles. The van der Waals surface area contributed by atoms with E-state index in [0.717, 1.165) is 11.0 Å². The fraction of sp³-hybridized carbons (Fsp3) is 0.389. The normalized spacial score (nSPS) is 22.7. The second-order valence-electron chi connectivity index (χ2n) is 6.82. The number of carbonyl (C=O) groups is 3. The van der Waals surface area contributed by atoms with Gasteiger partial charge in [-0.3, -0.25) is 14.4 Å². The molecule has 1 aliphatic carbocycles. The van der Waals surface area contributed by atoms with Gasteiger partial charge in [-0.25, -0.2) is 18.1 Å². The predicted molar refractivity (Wildman–Crippen MR) is 88.8 cm³/mol. The molecule has 0 radical (unpaired) electrons. The Morgan fingerprint density at radius 2 is 1.70 bits per heavy atom. The Morgan fingerprint density at radius 1 is 1.11 bits per heavy atom. The van der Waals surface area contributed by atoms with Crippen molar-refractivity contribution in [2.75, 3.05) is 25.6 Å². The number of anilines is 1. The number of rotatable bonds is 5. The van der Waals surface area contributed by atoms with E-state index in [4.69, 9.17) is 0 Å².